The standard InChI is InChI=1S/C49H89NO9/c1-3-5-7-9-11-13-15-17-19-21-22-24-26-28-30-32-34-36-38-43(53)48(57)50-41(40-58-49-47(56)46(55)45(54)44(39-51)59-49)42(52)37-35-33-31-29-27-25-23-20-18-16-14-12-10-8-6-4-2/h18,20-22,27,29,35,37,41-47,49,51-56H,3-17,19,23-26,28,30-34,36,38-40H2,1-2H3,(H,50,57)/b20-18+,22-21-,29-27+,37-35+. The molecular formula is C49H89NO9. The highest BCUT2D eigenvalue weighted by Gasteiger charge is 2.44. The Labute approximate surface area is 359 Å². The number of hydrogen-bond acceptors (Lipinski definition) is 9. The van der Waals surface area contributed by atoms with Crippen molar-refractivity contribution < 1.29 is 44.9 Å². The van der Waals surface area contributed by atoms with Crippen LogP contribution in [-0.4, -0.2) is 98.7 Å². The largest absolute Gasteiger partial charge is 0.394 e. The van der Waals surface area contributed by atoms with Gasteiger partial charge in [0.1, 0.15) is 30.5 Å². The third kappa shape index (κ3) is 29.1. The molecule has 8 unspecified atom stereocenters. The van der Waals surface area contributed by atoms with Gasteiger partial charge < -0.3 is 45.4 Å². The summed E-state index contributed by atoms with van der Waals surface area (Å²) in [6.45, 7) is 3.57. The van der Waals surface area contributed by atoms with Gasteiger partial charge in [-0.05, 0) is 70.6 Å². The fourth-order valence-electron chi connectivity index (χ4n) is 7.25. The fraction of sp³-hybridized carbons (Fsp3) is 0.816. The normalized spacial score (nSPS) is 21.7. The van der Waals surface area contributed by atoms with Crippen LogP contribution < -0.4 is 5.32 Å². The quantitative estimate of drug-likeness (QED) is 0.0236. The van der Waals surface area contributed by atoms with Crippen molar-refractivity contribution in [1.82, 2.24) is 5.32 Å². The van der Waals surface area contributed by atoms with Gasteiger partial charge in [0.25, 0.3) is 0 Å². The minimum absolute atomic E-state index is 0.292. The molecule has 0 aliphatic carbocycles. The van der Waals surface area contributed by atoms with Crippen LogP contribution in [0.5, 0.6) is 0 Å². The molecule has 1 aliphatic rings. The lowest BCUT2D eigenvalue weighted by Gasteiger charge is -2.40. The maximum absolute atomic E-state index is 13.0. The van der Waals surface area contributed by atoms with Crippen LogP contribution in [0, 0.1) is 0 Å². The van der Waals surface area contributed by atoms with E-state index in [4.69, 9.17) is 9.47 Å². The van der Waals surface area contributed by atoms with Crippen LogP contribution in [-0.2, 0) is 14.3 Å². The van der Waals surface area contributed by atoms with Gasteiger partial charge in [0.2, 0.25) is 5.91 Å². The fourth-order valence-corrected chi connectivity index (χ4v) is 7.25. The molecule has 10 heteroatoms. The first kappa shape index (κ1) is 55.1. The lowest BCUT2D eigenvalue weighted by atomic mass is 9.99. The number of carbonyl (C=O) groups excluding carboxylic acids is 1. The van der Waals surface area contributed by atoms with E-state index in [2.05, 4.69) is 55.6 Å². The molecule has 1 aliphatic heterocycles. The Morgan fingerprint density at radius 2 is 1.00 bits per heavy atom. The molecule has 10 nitrogen and oxygen atoms in total. The first-order chi connectivity index (χ1) is 28.8. The van der Waals surface area contributed by atoms with Gasteiger partial charge >= 0.3 is 0 Å². The van der Waals surface area contributed by atoms with Gasteiger partial charge in [-0.2, -0.15) is 0 Å². The first-order valence-corrected chi connectivity index (χ1v) is 24.0. The number of allylic oxidation sites excluding steroid dienone is 7. The van der Waals surface area contributed by atoms with Crippen molar-refractivity contribution in [2.45, 2.75) is 243 Å². The van der Waals surface area contributed by atoms with Crippen LogP contribution >= 0.6 is 0 Å². The summed E-state index contributed by atoms with van der Waals surface area (Å²) in [5.74, 6) is -0.637. The van der Waals surface area contributed by atoms with Gasteiger partial charge in [0.05, 0.1) is 25.4 Å². The van der Waals surface area contributed by atoms with Gasteiger partial charge in [0.15, 0.2) is 6.29 Å². The van der Waals surface area contributed by atoms with Gasteiger partial charge in [-0.15, -0.1) is 0 Å². The predicted molar refractivity (Wildman–Crippen MR) is 241 cm³/mol. The summed E-state index contributed by atoms with van der Waals surface area (Å²) in [5.41, 5.74) is 0. The number of rotatable bonds is 39. The number of aliphatic hydroxyl groups is 6. The number of aliphatic hydroxyl groups excluding tert-OH is 6. The molecule has 344 valence electrons. The summed E-state index contributed by atoms with van der Waals surface area (Å²) < 4.78 is 11.1. The predicted octanol–water partition coefficient (Wildman–Crippen LogP) is 9.20. The number of hydrogen-bond donors (Lipinski definition) is 7. The molecule has 59 heavy (non-hydrogen) atoms. The molecule has 7 N–H and O–H groups in total. The van der Waals surface area contributed by atoms with E-state index >= 15 is 0 Å². The van der Waals surface area contributed by atoms with Crippen molar-refractivity contribution >= 4 is 5.91 Å². The molecule has 0 spiro atoms. The molecule has 1 fully saturated rings. The Morgan fingerprint density at radius 3 is 1.47 bits per heavy atom. The lowest BCUT2D eigenvalue weighted by Crippen LogP contribution is -2.60. The van der Waals surface area contributed by atoms with Crippen LogP contribution in [0.3, 0.4) is 0 Å². The van der Waals surface area contributed by atoms with Gasteiger partial charge in [-0.3, -0.25) is 4.79 Å². The summed E-state index contributed by atoms with van der Waals surface area (Å²) in [6, 6.07) is -1.01. The Kier molecular flexibility index (Phi) is 36.4. The Morgan fingerprint density at radius 1 is 0.576 bits per heavy atom. The van der Waals surface area contributed by atoms with E-state index in [0.29, 0.717) is 19.3 Å². The van der Waals surface area contributed by atoms with Crippen molar-refractivity contribution in [3.8, 4) is 0 Å². The number of carbonyl (C=O) groups is 1. The second kappa shape index (κ2) is 39.0. The van der Waals surface area contributed by atoms with Crippen LogP contribution in [0.15, 0.2) is 48.6 Å². The highest BCUT2D eigenvalue weighted by molar-refractivity contribution is 5.80. The van der Waals surface area contributed by atoms with E-state index in [1.165, 1.54) is 109 Å². The zero-order chi connectivity index (χ0) is 43.2. The molecule has 8 atom stereocenters. The molecular weight excluding hydrogens is 747 g/mol. The molecule has 0 aromatic heterocycles. The number of nitrogens with one attached hydrogen (secondary N) is 1. The Bertz CT molecular complexity index is 1080. The second-order valence-corrected chi connectivity index (χ2v) is 16.7. The Hall–Kier alpha value is -1.89. The smallest absolute Gasteiger partial charge is 0.249 e. The average molecular weight is 836 g/mol. The molecule has 0 aromatic rings. The van der Waals surface area contributed by atoms with Crippen molar-refractivity contribution in [3.05, 3.63) is 48.6 Å². The number of ether oxygens (including phenoxy) is 2. The number of unbranched alkanes of at least 4 members (excludes halogenated alkanes) is 22. The lowest BCUT2D eigenvalue weighted by molar-refractivity contribution is -0.302. The summed E-state index contributed by atoms with van der Waals surface area (Å²) in [4.78, 5) is 13.0. The van der Waals surface area contributed by atoms with Crippen LogP contribution in [0.2, 0.25) is 0 Å². The van der Waals surface area contributed by atoms with Gasteiger partial charge in [-0.25, -0.2) is 0 Å². The van der Waals surface area contributed by atoms with E-state index in [1.54, 1.807) is 6.08 Å². The molecule has 0 saturated carbocycles. The van der Waals surface area contributed by atoms with E-state index in [1.807, 2.05) is 6.08 Å². The maximum atomic E-state index is 13.0. The summed E-state index contributed by atoms with van der Waals surface area (Å²) in [5, 5.41) is 64.7. The molecule has 1 saturated heterocycles. The van der Waals surface area contributed by atoms with E-state index in [9.17, 15) is 35.4 Å². The monoisotopic (exact) mass is 836 g/mol. The maximum Gasteiger partial charge on any atom is 0.249 e. The molecule has 0 aromatic carbocycles. The summed E-state index contributed by atoms with van der Waals surface area (Å²) in [7, 11) is 0. The molecule has 0 radical (unpaired) electrons. The van der Waals surface area contributed by atoms with Crippen molar-refractivity contribution in [2.24, 2.45) is 0 Å². The van der Waals surface area contributed by atoms with Gasteiger partial charge in [-0.1, -0.05) is 172 Å². The van der Waals surface area contributed by atoms with Crippen LogP contribution in [0.1, 0.15) is 194 Å². The van der Waals surface area contributed by atoms with Crippen molar-refractivity contribution in [3.63, 3.8) is 0 Å². The molecule has 1 rings (SSSR count). The highest BCUT2D eigenvalue weighted by atomic mass is 16.7. The summed E-state index contributed by atoms with van der Waals surface area (Å²) >= 11 is 0. The summed E-state index contributed by atoms with van der Waals surface area (Å²) in [6.07, 6.45) is 39.1. The molecule has 1 heterocycles. The average Bonchev–Trinajstić information content (AvgIpc) is 3.23. The zero-order valence-electron chi connectivity index (χ0n) is 37.4. The van der Waals surface area contributed by atoms with E-state index < -0.39 is 61.5 Å². The van der Waals surface area contributed by atoms with Crippen LogP contribution in [0.25, 0.3) is 0 Å². The topological polar surface area (TPSA) is 169 Å². The molecule has 1 amide bonds. The number of amides is 1. The minimum atomic E-state index is -1.62. The third-order valence-electron chi connectivity index (χ3n) is 11.2. The van der Waals surface area contributed by atoms with E-state index in [-0.39, 0.29) is 6.61 Å². The van der Waals surface area contributed by atoms with E-state index in [0.717, 1.165) is 51.4 Å². The first-order valence-electron chi connectivity index (χ1n) is 24.0. The SMILES string of the molecule is CCCCCCCC/C=C/CC/C=C/CC/C=C/C(O)C(COC1OC(CO)C(O)C(O)C1O)NC(=O)C(O)CCCCCCCC/C=C\CCCCCCCCCC. The minimum Gasteiger partial charge on any atom is -0.394 e. The zero-order valence-corrected chi connectivity index (χ0v) is 37.4. The second-order valence-electron chi connectivity index (χ2n) is 16.7. The molecule has 0 bridgehead atoms. The van der Waals surface area contributed by atoms with Crippen LogP contribution in [0.4, 0.5) is 0 Å². The highest BCUT2D eigenvalue weighted by Crippen LogP contribution is 2.22. The third-order valence-corrected chi connectivity index (χ3v) is 11.2. The Balaban J connectivity index is 2.44. The van der Waals surface area contributed by atoms with Crippen molar-refractivity contribution in [1.29, 1.82) is 0 Å². The van der Waals surface area contributed by atoms with Gasteiger partial charge in [0, 0.05) is 0 Å². The van der Waals surface area contributed by atoms with Crippen molar-refractivity contribution in [2.75, 3.05) is 13.2 Å².